The topological polar surface area (TPSA) is 77.1 Å². The van der Waals surface area contributed by atoms with Gasteiger partial charge in [0, 0.05) is 17.8 Å². The zero-order valence-corrected chi connectivity index (χ0v) is 18.2. The minimum atomic E-state index is -0.570. The highest BCUT2D eigenvalue weighted by Crippen LogP contribution is 2.41. The summed E-state index contributed by atoms with van der Waals surface area (Å²) in [6, 6.07) is 17.3. The lowest BCUT2D eigenvalue weighted by Crippen LogP contribution is -2.32. The highest BCUT2D eigenvalue weighted by Gasteiger charge is 2.40. The summed E-state index contributed by atoms with van der Waals surface area (Å²) in [5.74, 6) is -0.400. The number of hydrogen-bond acceptors (Lipinski definition) is 6. The van der Waals surface area contributed by atoms with E-state index in [1.54, 1.807) is 36.4 Å². The Labute approximate surface area is 190 Å². The molecule has 2 amide bonds. The van der Waals surface area contributed by atoms with Crippen LogP contribution in [0.2, 0.25) is 0 Å². The number of rotatable bonds is 7. The number of benzene rings is 3. The molecule has 1 aliphatic rings. The van der Waals surface area contributed by atoms with E-state index in [2.05, 4.69) is 5.32 Å². The molecule has 4 rings (SSSR count). The molecule has 0 bridgehead atoms. The van der Waals surface area contributed by atoms with Gasteiger partial charge in [-0.05, 0) is 29.8 Å². The maximum atomic E-state index is 13.4. The van der Waals surface area contributed by atoms with Gasteiger partial charge in [0.2, 0.25) is 5.75 Å². The van der Waals surface area contributed by atoms with Crippen LogP contribution in [-0.2, 0) is 9.59 Å². The second-order valence-corrected chi connectivity index (χ2v) is 7.08. The van der Waals surface area contributed by atoms with E-state index in [0.717, 1.165) is 4.90 Å². The Morgan fingerprint density at radius 2 is 1.39 bits per heavy atom. The van der Waals surface area contributed by atoms with Crippen LogP contribution in [0.3, 0.4) is 0 Å². The Bertz CT molecular complexity index is 1210. The molecule has 1 N–H and O–H groups in total. The van der Waals surface area contributed by atoms with E-state index in [9.17, 15) is 14.0 Å². The molecule has 0 unspecified atom stereocenters. The van der Waals surface area contributed by atoms with Crippen molar-refractivity contribution in [2.75, 3.05) is 31.5 Å². The molecule has 0 atom stereocenters. The summed E-state index contributed by atoms with van der Waals surface area (Å²) in [7, 11) is 4.45. The van der Waals surface area contributed by atoms with Crippen LogP contribution >= 0.6 is 0 Å². The van der Waals surface area contributed by atoms with Crippen LogP contribution in [0.15, 0.2) is 72.4 Å². The second-order valence-electron chi connectivity index (χ2n) is 7.08. The fraction of sp³-hybridized carbons (Fsp3) is 0.120. The summed E-state index contributed by atoms with van der Waals surface area (Å²) in [5, 5.41) is 3.06. The van der Waals surface area contributed by atoms with Crippen LogP contribution in [0.25, 0.3) is 5.57 Å². The molecule has 8 heteroatoms. The molecule has 1 heterocycles. The van der Waals surface area contributed by atoms with E-state index in [1.807, 2.05) is 6.07 Å². The molecule has 0 saturated heterocycles. The summed E-state index contributed by atoms with van der Waals surface area (Å²) in [5.41, 5.74) is 1.55. The minimum absolute atomic E-state index is 0.0739. The van der Waals surface area contributed by atoms with Gasteiger partial charge in [-0.2, -0.15) is 0 Å². The van der Waals surface area contributed by atoms with E-state index < -0.39 is 17.6 Å². The molecule has 0 fully saturated rings. The number of anilines is 2. The van der Waals surface area contributed by atoms with Gasteiger partial charge in [-0.25, -0.2) is 9.29 Å². The number of methoxy groups -OCH3 is 3. The standard InChI is InChI=1S/C25H21FN2O5/c1-31-19-13-17(14-20(32-2)23(19)33-3)27-22-21(15-7-5-4-6-8-15)24(29)28(25(22)30)18-11-9-16(26)10-12-18/h4-14,27H,1-3H3. The van der Waals surface area contributed by atoms with Crippen LogP contribution < -0.4 is 24.4 Å². The lowest BCUT2D eigenvalue weighted by Gasteiger charge is -2.17. The molecular weight excluding hydrogens is 427 g/mol. The molecule has 7 nitrogen and oxygen atoms in total. The zero-order valence-electron chi connectivity index (χ0n) is 18.2. The lowest BCUT2D eigenvalue weighted by atomic mass is 10.0. The molecule has 0 saturated carbocycles. The highest BCUT2D eigenvalue weighted by atomic mass is 19.1. The molecule has 168 valence electrons. The van der Waals surface area contributed by atoms with Gasteiger partial charge in [0.15, 0.2) is 11.5 Å². The van der Waals surface area contributed by atoms with Gasteiger partial charge in [0.25, 0.3) is 11.8 Å². The number of imide groups is 1. The SMILES string of the molecule is COc1cc(NC2=C(c3ccccc3)C(=O)N(c3ccc(F)cc3)C2=O)cc(OC)c1OC. The molecule has 3 aromatic carbocycles. The van der Waals surface area contributed by atoms with Gasteiger partial charge in [-0.3, -0.25) is 9.59 Å². The van der Waals surface area contributed by atoms with Crippen molar-refractivity contribution in [1.82, 2.24) is 0 Å². The predicted molar refractivity (Wildman–Crippen MR) is 122 cm³/mol. The van der Waals surface area contributed by atoms with Gasteiger partial charge >= 0.3 is 0 Å². The average Bonchev–Trinajstić information content (AvgIpc) is 3.08. The van der Waals surface area contributed by atoms with Crippen molar-refractivity contribution in [2.45, 2.75) is 0 Å². The van der Waals surface area contributed by atoms with Crippen molar-refractivity contribution < 1.29 is 28.2 Å². The van der Waals surface area contributed by atoms with Gasteiger partial charge in [0.05, 0.1) is 32.6 Å². The van der Waals surface area contributed by atoms with Crippen molar-refractivity contribution >= 4 is 28.8 Å². The van der Waals surface area contributed by atoms with Crippen LogP contribution in [0.5, 0.6) is 17.2 Å². The first-order valence-electron chi connectivity index (χ1n) is 9.99. The first-order valence-corrected chi connectivity index (χ1v) is 9.99. The normalized spacial score (nSPS) is 13.4. The first-order chi connectivity index (χ1) is 16.0. The van der Waals surface area contributed by atoms with E-state index in [1.165, 1.54) is 45.6 Å². The summed E-state index contributed by atoms with van der Waals surface area (Å²) < 4.78 is 29.6. The maximum absolute atomic E-state index is 13.4. The second kappa shape index (κ2) is 9.04. The Hall–Kier alpha value is -4.33. The third kappa shape index (κ3) is 3.98. The van der Waals surface area contributed by atoms with E-state index in [4.69, 9.17) is 14.2 Å². The molecule has 33 heavy (non-hydrogen) atoms. The van der Waals surface area contributed by atoms with Crippen LogP contribution in [0.1, 0.15) is 5.56 Å². The van der Waals surface area contributed by atoms with Crippen molar-refractivity contribution in [3.63, 3.8) is 0 Å². The van der Waals surface area contributed by atoms with E-state index in [0.29, 0.717) is 28.5 Å². The molecular formula is C25H21FN2O5. The number of hydrogen-bond donors (Lipinski definition) is 1. The fourth-order valence-corrected chi connectivity index (χ4v) is 3.64. The Kier molecular flexibility index (Phi) is 5.99. The number of halogens is 1. The van der Waals surface area contributed by atoms with Crippen LogP contribution in [0, 0.1) is 5.82 Å². The first kappa shape index (κ1) is 21.9. The number of nitrogens with one attached hydrogen (secondary N) is 1. The molecule has 1 aliphatic heterocycles. The predicted octanol–water partition coefficient (Wildman–Crippen LogP) is 4.25. The molecule has 3 aromatic rings. The number of amides is 2. The molecule has 0 spiro atoms. The average molecular weight is 448 g/mol. The van der Waals surface area contributed by atoms with Crippen molar-refractivity contribution in [3.05, 3.63) is 83.8 Å². The minimum Gasteiger partial charge on any atom is -0.493 e. The number of ether oxygens (including phenoxy) is 3. The monoisotopic (exact) mass is 448 g/mol. The molecule has 0 radical (unpaired) electrons. The lowest BCUT2D eigenvalue weighted by molar-refractivity contribution is -0.120. The van der Waals surface area contributed by atoms with Crippen LogP contribution in [0.4, 0.5) is 15.8 Å². The smallest absolute Gasteiger partial charge is 0.282 e. The number of carbonyl (C=O) groups is 2. The van der Waals surface area contributed by atoms with E-state index in [-0.39, 0.29) is 17.0 Å². The Morgan fingerprint density at radius 1 is 0.788 bits per heavy atom. The van der Waals surface area contributed by atoms with Crippen molar-refractivity contribution in [2.24, 2.45) is 0 Å². The van der Waals surface area contributed by atoms with Gasteiger partial charge < -0.3 is 19.5 Å². The number of nitrogens with zero attached hydrogens (tertiary/aromatic N) is 1. The molecule has 0 aliphatic carbocycles. The third-order valence-corrected chi connectivity index (χ3v) is 5.17. The van der Waals surface area contributed by atoms with Gasteiger partial charge in [0.1, 0.15) is 11.5 Å². The number of carbonyl (C=O) groups excluding carboxylic acids is 2. The van der Waals surface area contributed by atoms with Crippen molar-refractivity contribution in [1.29, 1.82) is 0 Å². The van der Waals surface area contributed by atoms with Crippen LogP contribution in [-0.4, -0.2) is 33.1 Å². The maximum Gasteiger partial charge on any atom is 0.282 e. The summed E-state index contributed by atoms with van der Waals surface area (Å²) in [6.07, 6.45) is 0. The largest absolute Gasteiger partial charge is 0.493 e. The van der Waals surface area contributed by atoms with E-state index >= 15 is 0 Å². The summed E-state index contributed by atoms with van der Waals surface area (Å²) in [4.78, 5) is 27.8. The summed E-state index contributed by atoms with van der Waals surface area (Å²) in [6.45, 7) is 0. The third-order valence-electron chi connectivity index (χ3n) is 5.17. The Balaban J connectivity index is 1.83. The van der Waals surface area contributed by atoms with Crippen molar-refractivity contribution in [3.8, 4) is 17.2 Å². The van der Waals surface area contributed by atoms with Gasteiger partial charge in [-0.1, -0.05) is 30.3 Å². The Morgan fingerprint density at radius 3 is 1.94 bits per heavy atom. The van der Waals surface area contributed by atoms with Gasteiger partial charge in [-0.15, -0.1) is 0 Å². The highest BCUT2D eigenvalue weighted by molar-refractivity contribution is 6.46. The zero-order chi connectivity index (χ0) is 23.5. The quantitative estimate of drug-likeness (QED) is 0.545. The molecule has 0 aromatic heterocycles. The summed E-state index contributed by atoms with van der Waals surface area (Å²) >= 11 is 0. The fourth-order valence-electron chi connectivity index (χ4n) is 3.64.